The van der Waals surface area contributed by atoms with Crippen LogP contribution < -0.4 is 4.90 Å². The van der Waals surface area contributed by atoms with Gasteiger partial charge in [0.15, 0.2) is 0 Å². The molecule has 5 nitrogen and oxygen atoms in total. The van der Waals surface area contributed by atoms with Crippen molar-refractivity contribution in [3.8, 4) is 0 Å². The van der Waals surface area contributed by atoms with Crippen molar-refractivity contribution < 1.29 is 9.90 Å². The first kappa shape index (κ1) is 18.6. The van der Waals surface area contributed by atoms with Crippen LogP contribution in [0.4, 0.5) is 11.4 Å². The van der Waals surface area contributed by atoms with E-state index in [-0.39, 0.29) is 18.9 Å². The van der Waals surface area contributed by atoms with Gasteiger partial charge in [-0.2, -0.15) is 0 Å². The van der Waals surface area contributed by atoms with E-state index in [2.05, 4.69) is 33.8 Å². The van der Waals surface area contributed by atoms with Gasteiger partial charge < -0.3 is 14.6 Å². The highest BCUT2D eigenvalue weighted by molar-refractivity contribution is 6.11. The summed E-state index contributed by atoms with van der Waals surface area (Å²) in [4.78, 5) is 19.1. The minimum absolute atomic E-state index is 0.0394. The molecule has 0 spiro atoms. The van der Waals surface area contributed by atoms with E-state index in [0.717, 1.165) is 28.1 Å². The van der Waals surface area contributed by atoms with Gasteiger partial charge >= 0.3 is 0 Å². The fourth-order valence-corrected chi connectivity index (χ4v) is 4.36. The summed E-state index contributed by atoms with van der Waals surface area (Å²) in [6, 6.07) is 24.1. The van der Waals surface area contributed by atoms with E-state index in [4.69, 9.17) is 0 Å². The maximum absolute atomic E-state index is 12.9. The lowest BCUT2D eigenvalue weighted by molar-refractivity contribution is -0.117. The summed E-state index contributed by atoms with van der Waals surface area (Å²) in [5, 5.41) is 13.4. The van der Waals surface area contributed by atoms with Gasteiger partial charge in [0.05, 0.1) is 37.0 Å². The molecule has 30 heavy (non-hydrogen) atoms. The van der Waals surface area contributed by atoms with Crippen molar-refractivity contribution in [1.29, 1.82) is 0 Å². The zero-order chi connectivity index (χ0) is 20.7. The van der Waals surface area contributed by atoms with Crippen molar-refractivity contribution >= 4 is 44.8 Å². The molecule has 0 aliphatic carbocycles. The van der Waals surface area contributed by atoms with E-state index in [1.54, 1.807) is 4.90 Å². The Bertz CT molecular complexity index is 1230. The molecule has 3 aromatic carbocycles. The number of β-amino-alcohol motifs (C(OH)–C–C–N with tert-alkyl or cyclic N) is 1. The van der Waals surface area contributed by atoms with Crippen LogP contribution in [0.3, 0.4) is 0 Å². The number of aliphatic imine (C=N–C) groups is 1. The Morgan fingerprint density at radius 2 is 1.50 bits per heavy atom. The number of nitrogens with zero attached hydrogens (tertiary/aromatic N) is 3. The summed E-state index contributed by atoms with van der Waals surface area (Å²) < 4.78 is 2.14. The van der Waals surface area contributed by atoms with Crippen LogP contribution in [0.25, 0.3) is 21.8 Å². The second-order valence-corrected chi connectivity index (χ2v) is 7.82. The Kier molecular flexibility index (Phi) is 4.60. The Labute approximate surface area is 174 Å². The predicted molar refractivity (Wildman–Crippen MR) is 122 cm³/mol. The normalized spacial score (nSPS) is 15.2. The molecule has 150 valence electrons. The van der Waals surface area contributed by atoms with E-state index in [9.17, 15) is 9.90 Å². The lowest BCUT2D eigenvalue weighted by Crippen LogP contribution is -2.39. The average molecular weight is 397 g/mol. The number of carbonyl (C=O) groups is 1. The van der Waals surface area contributed by atoms with Crippen LogP contribution in [0.5, 0.6) is 0 Å². The van der Waals surface area contributed by atoms with Gasteiger partial charge in [0, 0.05) is 27.5 Å². The number of hydrogen-bond donors (Lipinski definition) is 1. The lowest BCUT2D eigenvalue weighted by Gasteiger charge is -2.25. The molecule has 5 heteroatoms. The first-order chi connectivity index (χ1) is 14.6. The quantitative estimate of drug-likeness (QED) is 0.543. The number of carbonyl (C=O) groups excluding carboxylic acids is 1. The molecule has 0 unspecified atom stereocenters. The maximum atomic E-state index is 12.9. The van der Waals surface area contributed by atoms with Crippen LogP contribution in [0.1, 0.15) is 13.3 Å². The summed E-state index contributed by atoms with van der Waals surface area (Å²) in [5.74, 6) is -0.0394. The highest BCUT2D eigenvalue weighted by Crippen LogP contribution is 2.33. The Morgan fingerprint density at radius 3 is 2.20 bits per heavy atom. The zero-order valence-corrected chi connectivity index (χ0v) is 16.8. The lowest BCUT2D eigenvalue weighted by atomic mass is 10.2. The first-order valence-corrected chi connectivity index (χ1v) is 10.2. The number of anilines is 1. The highest BCUT2D eigenvalue weighted by Gasteiger charge is 2.25. The number of rotatable bonds is 4. The average Bonchev–Trinajstić information content (AvgIpc) is 3.00. The summed E-state index contributed by atoms with van der Waals surface area (Å²) in [7, 11) is 0. The summed E-state index contributed by atoms with van der Waals surface area (Å²) >= 11 is 0. The fourth-order valence-electron chi connectivity index (χ4n) is 4.36. The van der Waals surface area contributed by atoms with Crippen molar-refractivity contribution in [3.63, 3.8) is 0 Å². The van der Waals surface area contributed by atoms with Crippen LogP contribution in [0.15, 0.2) is 77.8 Å². The Balaban J connectivity index is 1.49. The van der Waals surface area contributed by atoms with Crippen molar-refractivity contribution in [2.75, 3.05) is 11.4 Å². The minimum Gasteiger partial charge on any atom is -0.389 e. The zero-order valence-electron chi connectivity index (χ0n) is 16.8. The molecule has 2 heterocycles. The van der Waals surface area contributed by atoms with Gasteiger partial charge in [-0.05, 0) is 31.2 Å². The van der Waals surface area contributed by atoms with Gasteiger partial charge in [-0.1, -0.05) is 48.5 Å². The number of para-hydroxylation sites is 4. The van der Waals surface area contributed by atoms with Crippen molar-refractivity contribution in [3.05, 3.63) is 72.8 Å². The number of hydrogen-bond acceptors (Lipinski definition) is 3. The molecular weight excluding hydrogens is 374 g/mol. The number of aromatic nitrogens is 1. The molecule has 1 amide bonds. The van der Waals surface area contributed by atoms with Gasteiger partial charge in [0.1, 0.15) is 0 Å². The van der Waals surface area contributed by atoms with E-state index < -0.39 is 6.10 Å². The molecule has 1 atom stereocenters. The molecule has 1 aliphatic heterocycles. The molecule has 0 fully saturated rings. The third-order valence-corrected chi connectivity index (χ3v) is 5.66. The SMILES string of the molecule is CC1=Nc2ccccc2N(C[C@H](O)Cn2c3ccccc3c3ccccc32)C(=O)C1. The summed E-state index contributed by atoms with van der Waals surface area (Å²) in [6.45, 7) is 2.49. The second kappa shape index (κ2) is 7.43. The minimum atomic E-state index is -0.723. The Morgan fingerprint density at radius 1 is 0.900 bits per heavy atom. The van der Waals surface area contributed by atoms with E-state index in [1.165, 1.54) is 10.8 Å². The Hall–Kier alpha value is -3.44. The van der Waals surface area contributed by atoms with Crippen molar-refractivity contribution in [2.24, 2.45) is 4.99 Å². The van der Waals surface area contributed by atoms with E-state index >= 15 is 0 Å². The molecule has 0 bridgehead atoms. The number of aliphatic hydroxyl groups excluding tert-OH is 1. The van der Waals surface area contributed by atoms with Gasteiger partial charge in [-0.15, -0.1) is 0 Å². The van der Waals surface area contributed by atoms with E-state index in [1.807, 2.05) is 55.5 Å². The molecule has 0 saturated carbocycles. The van der Waals surface area contributed by atoms with Crippen LogP contribution >= 0.6 is 0 Å². The van der Waals surface area contributed by atoms with Crippen molar-refractivity contribution in [2.45, 2.75) is 26.0 Å². The summed E-state index contributed by atoms with van der Waals surface area (Å²) in [5.41, 5.74) is 4.47. The number of fused-ring (bicyclic) bond motifs is 4. The van der Waals surface area contributed by atoms with Gasteiger partial charge in [-0.25, -0.2) is 0 Å². The topological polar surface area (TPSA) is 57.8 Å². The molecule has 1 aromatic heterocycles. The maximum Gasteiger partial charge on any atom is 0.232 e. The molecule has 1 N–H and O–H groups in total. The number of amides is 1. The highest BCUT2D eigenvalue weighted by atomic mass is 16.3. The van der Waals surface area contributed by atoms with Gasteiger partial charge in [0.2, 0.25) is 5.91 Å². The third-order valence-electron chi connectivity index (χ3n) is 5.66. The van der Waals surface area contributed by atoms with Gasteiger partial charge in [0.25, 0.3) is 0 Å². The summed E-state index contributed by atoms with van der Waals surface area (Å²) in [6.07, 6.45) is -0.462. The van der Waals surface area contributed by atoms with Crippen LogP contribution in [0, 0.1) is 0 Å². The largest absolute Gasteiger partial charge is 0.389 e. The smallest absolute Gasteiger partial charge is 0.232 e. The predicted octanol–water partition coefficient (Wildman–Crippen LogP) is 4.68. The van der Waals surface area contributed by atoms with Crippen LogP contribution in [0.2, 0.25) is 0 Å². The van der Waals surface area contributed by atoms with Gasteiger partial charge in [-0.3, -0.25) is 9.79 Å². The molecule has 4 aromatic rings. The number of aliphatic hydroxyl groups is 1. The molecule has 0 radical (unpaired) electrons. The molecule has 1 aliphatic rings. The third kappa shape index (κ3) is 3.17. The second-order valence-electron chi connectivity index (χ2n) is 7.82. The standard InChI is InChI=1S/C25H23N3O2/c1-17-14-25(30)28(24-13-7-4-10-21(24)26-17)16-18(29)15-27-22-11-5-2-8-19(22)20-9-3-6-12-23(20)27/h2-13,18,29H,14-16H2,1H3/t18-/m1/s1. The van der Waals surface area contributed by atoms with Crippen LogP contribution in [-0.2, 0) is 11.3 Å². The molecule has 5 rings (SSSR count). The van der Waals surface area contributed by atoms with E-state index in [0.29, 0.717) is 6.54 Å². The number of benzene rings is 3. The fraction of sp³-hybridized carbons (Fsp3) is 0.200. The molecule has 0 saturated heterocycles. The first-order valence-electron chi connectivity index (χ1n) is 10.2. The van der Waals surface area contributed by atoms with Crippen molar-refractivity contribution in [1.82, 2.24) is 4.57 Å². The molecular formula is C25H23N3O2. The van der Waals surface area contributed by atoms with Crippen LogP contribution in [-0.4, -0.2) is 33.9 Å². The monoisotopic (exact) mass is 397 g/mol.